The summed E-state index contributed by atoms with van der Waals surface area (Å²) >= 11 is 0. The van der Waals surface area contributed by atoms with Gasteiger partial charge in [-0.3, -0.25) is 9.59 Å². The Morgan fingerprint density at radius 3 is 1.17 bits per heavy atom. The number of carbonyl (C=O) groups is 2. The van der Waals surface area contributed by atoms with Crippen molar-refractivity contribution in [2.45, 2.75) is 63.6 Å². The first-order chi connectivity index (χ1) is 14.7. The zero-order valence-electron chi connectivity index (χ0n) is 17.2. The van der Waals surface area contributed by atoms with Gasteiger partial charge in [-0.05, 0) is 99.9 Å². The molecule has 0 aliphatic heterocycles. The minimum absolute atomic E-state index is 0.188. The fourth-order valence-corrected chi connectivity index (χ4v) is 4.21. The summed E-state index contributed by atoms with van der Waals surface area (Å²) in [5.41, 5.74) is 1.60. The molecule has 0 amide bonds. The number of Topliss-reactive ketones (excluding diaryl/α,β-unsaturated/α-hetero) is 2. The molecule has 3 saturated carbocycles. The molecule has 5 rings (SSSR count). The SMILES string of the molecule is O=C(c1ccc(OC2CCC(Oc3ccc(C(=O)C4CC4)cc3)CC2)cc1)C1CC1. The lowest BCUT2D eigenvalue weighted by Crippen LogP contribution is -2.30. The van der Waals surface area contributed by atoms with Gasteiger partial charge in [0.2, 0.25) is 0 Å². The van der Waals surface area contributed by atoms with E-state index in [1.165, 1.54) is 0 Å². The molecule has 3 fully saturated rings. The lowest BCUT2D eigenvalue weighted by Gasteiger charge is -2.29. The average Bonchev–Trinajstić information content (AvgIpc) is 3.68. The quantitative estimate of drug-likeness (QED) is 0.534. The Morgan fingerprint density at radius 2 is 0.867 bits per heavy atom. The maximum Gasteiger partial charge on any atom is 0.165 e. The molecule has 0 atom stereocenters. The van der Waals surface area contributed by atoms with Gasteiger partial charge in [-0.2, -0.15) is 0 Å². The van der Waals surface area contributed by atoms with Crippen molar-refractivity contribution in [1.82, 2.24) is 0 Å². The number of carbonyl (C=O) groups excluding carboxylic acids is 2. The maximum absolute atomic E-state index is 12.1. The van der Waals surface area contributed by atoms with Crippen LogP contribution in [0.3, 0.4) is 0 Å². The van der Waals surface area contributed by atoms with Crippen LogP contribution in [-0.4, -0.2) is 23.8 Å². The number of hydrogen-bond donors (Lipinski definition) is 0. The van der Waals surface area contributed by atoms with Crippen LogP contribution >= 0.6 is 0 Å². The van der Waals surface area contributed by atoms with Gasteiger partial charge in [0.1, 0.15) is 11.5 Å². The molecule has 2 aromatic carbocycles. The van der Waals surface area contributed by atoms with Crippen LogP contribution in [0.4, 0.5) is 0 Å². The standard InChI is InChI=1S/C26H28O4/c27-25(17-1-2-17)19-5-9-21(10-6-19)29-23-13-15-24(16-14-23)30-22-11-7-20(8-12-22)26(28)18-3-4-18/h5-12,17-18,23-24H,1-4,13-16H2. The van der Waals surface area contributed by atoms with Gasteiger partial charge in [-0.15, -0.1) is 0 Å². The molecule has 4 heteroatoms. The highest BCUT2D eigenvalue weighted by molar-refractivity contribution is 5.99. The second-order valence-corrected chi connectivity index (χ2v) is 8.96. The summed E-state index contributed by atoms with van der Waals surface area (Å²) in [7, 11) is 0. The number of rotatable bonds is 8. The van der Waals surface area contributed by atoms with Crippen molar-refractivity contribution in [3.63, 3.8) is 0 Å². The van der Waals surface area contributed by atoms with Gasteiger partial charge < -0.3 is 9.47 Å². The van der Waals surface area contributed by atoms with Crippen molar-refractivity contribution < 1.29 is 19.1 Å². The first-order valence-electron chi connectivity index (χ1n) is 11.3. The van der Waals surface area contributed by atoms with E-state index in [9.17, 15) is 9.59 Å². The van der Waals surface area contributed by atoms with Gasteiger partial charge in [0.25, 0.3) is 0 Å². The van der Waals surface area contributed by atoms with Gasteiger partial charge in [0.15, 0.2) is 11.6 Å². The molecule has 3 aliphatic carbocycles. The first-order valence-corrected chi connectivity index (χ1v) is 11.3. The predicted octanol–water partition coefficient (Wildman–Crippen LogP) is 5.64. The Labute approximate surface area is 177 Å². The molecule has 0 unspecified atom stereocenters. The molecule has 0 N–H and O–H groups in total. The van der Waals surface area contributed by atoms with E-state index in [0.29, 0.717) is 0 Å². The third-order valence-electron chi connectivity index (χ3n) is 6.40. The van der Waals surface area contributed by atoms with Crippen LogP contribution in [-0.2, 0) is 0 Å². The molecule has 3 aliphatic rings. The normalized spacial score (nSPS) is 23.6. The van der Waals surface area contributed by atoms with E-state index >= 15 is 0 Å². The fraction of sp³-hybridized carbons (Fsp3) is 0.462. The maximum atomic E-state index is 12.1. The molecule has 0 heterocycles. The Balaban J connectivity index is 1.08. The zero-order valence-corrected chi connectivity index (χ0v) is 17.2. The topological polar surface area (TPSA) is 52.6 Å². The van der Waals surface area contributed by atoms with Gasteiger partial charge in [-0.1, -0.05) is 0 Å². The second kappa shape index (κ2) is 8.25. The largest absolute Gasteiger partial charge is 0.490 e. The van der Waals surface area contributed by atoms with E-state index in [4.69, 9.17) is 9.47 Å². The van der Waals surface area contributed by atoms with E-state index in [2.05, 4.69) is 0 Å². The third kappa shape index (κ3) is 4.58. The van der Waals surface area contributed by atoms with Gasteiger partial charge in [0, 0.05) is 23.0 Å². The first kappa shape index (κ1) is 19.3. The van der Waals surface area contributed by atoms with E-state index in [-0.39, 0.29) is 35.6 Å². The van der Waals surface area contributed by atoms with Crippen molar-refractivity contribution in [3.05, 3.63) is 59.7 Å². The summed E-state index contributed by atoms with van der Waals surface area (Å²) in [6.45, 7) is 0. The summed E-state index contributed by atoms with van der Waals surface area (Å²) in [5.74, 6) is 2.71. The monoisotopic (exact) mass is 404 g/mol. The summed E-state index contributed by atoms with van der Waals surface area (Å²) in [5, 5.41) is 0. The summed E-state index contributed by atoms with van der Waals surface area (Å²) < 4.78 is 12.3. The van der Waals surface area contributed by atoms with Crippen LogP contribution in [0.5, 0.6) is 11.5 Å². The predicted molar refractivity (Wildman–Crippen MR) is 114 cm³/mol. The molecule has 30 heavy (non-hydrogen) atoms. The van der Waals surface area contributed by atoms with E-state index in [1.807, 2.05) is 48.5 Å². The molecule has 156 valence electrons. The number of benzene rings is 2. The molecule has 0 aromatic heterocycles. The van der Waals surface area contributed by atoms with E-state index in [1.54, 1.807) is 0 Å². The fourth-order valence-electron chi connectivity index (χ4n) is 4.21. The lowest BCUT2D eigenvalue weighted by atomic mass is 9.94. The van der Waals surface area contributed by atoms with Crippen LogP contribution in [0.25, 0.3) is 0 Å². The average molecular weight is 405 g/mol. The van der Waals surface area contributed by atoms with Crippen LogP contribution in [0, 0.1) is 11.8 Å². The summed E-state index contributed by atoms with van der Waals surface area (Å²) in [4.78, 5) is 24.2. The Hall–Kier alpha value is -2.62. The van der Waals surface area contributed by atoms with Crippen molar-refractivity contribution >= 4 is 11.6 Å². The summed E-state index contributed by atoms with van der Waals surface area (Å²) in [6, 6.07) is 15.2. The van der Waals surface area contributed by atoms with Crippen molar-refractivity contribution in [3.8, 4) is 11.5 Å². The minimum atomic E-state index is 0.188. The van der Waals surface area contributed by atoms with Crippen LogP contribution in [0.1, 0.15) is 72.1 Å². The Bertz CT molecular complexity index is 822. The van der Waals surface area contributed by atoms with Crippen molar-refractivity contribution in [2.75, 3.05) is 0 Å². The van der Waals surface area contributed by atoms with Gasteiger partial charge >= 0.3 is 0 Å². The van der Waals surface area contributed by atoms with Crippen LogP contribution < -0.4 is 9.47 Å². The summed E-state index contributed by atoms with van der Waals surface area (Å²) in [6.07, 6.45) is 8.31. The molecule has 0 radical (unpaired) electrons. The highest BCUT2D eigenvalue weighted by Crippen LogP contribution is 2.34. The molecular formula is C26H28O4. The highest BCUT2D eigenvalue weighted by atomic mass is 16.5. The molecule has 0 bridgehead atoms. The van der Waals surface area contributed by atoms with E-state index < -0.39 is 0 Å². The van der Waals surface area contributed by atoms with Crippen LogP contribution in [0.15, 0.2) is 48.5 Å². The number of hydrogen-bond acceptors (Lipinski definition) is 4. The second-order valence-electron chi connectivity index (χ2n) is 8.96. The molecule has 2 aromatic rings. The Kier molecular flexibility index (Phi) is 5.32. The number of ether oxygens (including phenoxy) is 2. The van der Waals surface area contributed by atoms with E-state index in [0.717, 1.165) is 74.0 Å². The highest BCUT2D eigenvalue weighted by Gasteiger charge is 2.31. The molecule has 4 nitrogen and oxygen atoms in total. The zero-order chi connectivity index (χ0) is 20.5. The Morgan fingerprint density at radius 1 is 0.533 bits per heavy atom. The van der Waals surface area contributed by atoms with Crippen LogP contribution in [0.2, 0.25) is 0 Å². The van der Waals surface area contributed by atoms with Gasteiger partial charge in [0.05, 0.1) is 12.2 Å². The lowest BCUT2D eigenvalue weighted by molar-refractivity contribution is 0.0806. The molecular weight excluding hydrogens is 376 g/mol. The van der Waals surface area contributed by atoms with Crippen molar-refractivity contribution in [1.29, 1.82) is 0 Å². The molecule has 0 saturated heterocycles. The molecule has 0 spiro atoms. The minimum Gasteiger partial charge on any atom is -0.490 e. The number of ketones is 2. The smallest absolute Gasteiger partial charge is 0.165 e. The van der Waals surface area contributed by atoms with Gasteiger partial charge in [-0.25, -0.2) is 0 Å². The van der Waals surface area contributed by atoms with Crippen molar-refractivity contribution in [2.24, 2.45) is 11.8 Å². The third-order valence-corrected chi connectivity index (χ3v) is 6.40.